The minimum absolute atomic E-state index is 0.0575. The van der Waals surface area contributed by atoms with Crippen LogP contribution >= 0.6 is 0 Å². The van der Waals surface area contributed by atoms with Crippen molar-refractivity contribution in [2.75, 3.05) is 7.11 Å². The molecule has 100 valence electrons. The van der Waals surface area contributed by atoms with Gasteiger partial charge in [-0.25, -0.2) is 9.78 Å². The van der Waals surface area contributed by atoms with Crippen LogP contribution in [0.3, 0.4) is 0 Å². The van der Waals surface area contributed by atoms with E-state index in [1.165, 1.54) is 7.11 Å². The van der Waals surface area contributed by atoms with Crippen molar-refractivity contribution in [3.05, 3.63) is 35.9 Å². The van der Waals surface area contributed by atoms with Crippen molar-refractivity contribution in [2.24, 2.45) is 0 Å². The van der Waals surface area contributed by atoms with Crippen LogP contribution in [0.15, 0.2) is 24.4 Å². The molecule has 0 saturated carbocycles. The van der Waals surface area contributed by atoms with Gasteiger partial charge in [-0.1, -0.05) is 13.0 Å². The molecule has 6 nitrogen and oxygen atoms in total. The number of rotatable bonds is 4. The first kappa shape index (κ1) is 13.1. The fraction of sp³-hybridized carbons (Fsp3) is 0.308. The number of hydrogen-bond donors (Lipinski definition) is 1. The molecule has 1 atom stereocenters. The number of hydrogen-bond acceptors (Lipinski definition) is 4. The van der Waals surface area contributed by atoms with Gasteiger partial charge in [0.1, 0.15) is 11.7 Å². The first-order chi connectivity index (χ1) is 9.10. The Morgan fingerprint density at radius 1 is 1.47 bits per heavy atom. The normalized spacial score (nSPS) is 12.3. The van der Waals surface area contributed by atoms with E-state index in [9.17, 15) is 9.59 Å². The van der Waals surface area contributed by atoms with Gasteiger partial charge in [-0.05, 0) is 18.6 Å². The molecule has 0 aromatic carbocycles. The Kier molecular flexibility index (Phi) is 3.50. The molecule has 0 amide bonds. The predicted molar refractivity (Wildman–Crippen MR) is 67.2 cm³/mol. The number of carbonyl (C=O) groups excluding carboxylic acids is 1. The lowest BCUT2D eigenvalue weighted by molar-refractivity contribution is -0.142. The van der Waals surface area contributed by atoms with Crippen LogP contribution in [0.1, 0.15) is 35.6 Å². The van der Waals surface area contributed by atoms with E-state index >= 15 is 0 Å². The van der Waals surface area contributed by atoms with E-state index in [-0.39, 0.29) is 5.69 Å². The maximum atomic E-state index is 11.7. The number of pyridine rings is 1. The van der Waals surface area contributed by atoms with Crippen molar-refractivity contribution in [3.63, 3.8) is 0 Å². The van der Waals surface area contributed by atoms with Crippen LogP contribution in [0.4, 0.5) is 0 Å². The lowest BCUT2D eigenvalue weighted by atomic mass is 10.1. The van der Waals surface area contributed by atoms with E-state index in [2.05, 4.69) is 4.98 Å². The molecule has 0 fully saturated rings. The lowest BCUT2D eigenvalue weighted by Crippen LogP contribution is -2.16. The van der Waals surface area contributed by atoms with Gasteiger partial charge in [0.15, 0.2) is 5.69 Å². The van der Waals surface area contributed by atoms with Crippen molar-refractivity contribution < 1.29 is 19.4 Å². The first-order valence-electron chi connectivity index (χ1n) is 5.88. The average molecular weight is 262 g/mol. The zero-order valence-corrected chi connectivity index (χ0v) is 10.7. The van der Waals surface area contributed by atoms with Crippen LogP contribution in [0.5, 0.6) is 0 Å². The first-order valence-corrected chi connectivity index (χ1v) is 5.88. The number of aromatic nitrogens is 2. The number of fused-ring (bicyclic) bond motifs is 1. The molecule has 0 aliphatic carbocycles. The Morgan fingerprint density at radius 2 is 2.21 bits per heavy atom. The molecule has 0 radical (unpaired) electrons. The third kappa shape index (κ3) is 2.16. The number of imidazole rings is 1. The summed E-state index contributed by atoms with van der Waals surface area (Å²) in [5, 5.41) is 9.15. The quantitative estimate of drug-likeness (QED) is 0.848. The van der Waals surface area contributed by atoms with Crippen molar-refractivity contribution in [2.45, 2.75) is 19.3 Å². The Balaban J connectivity index is 2.66. The number of methoxy groups -OCH3 is 1. The lowest BCUT2D eigenvalue weighted by Gasteiger charge is -2.10. The van der Waals surface area contributed by atoms with Gasteiger partial charge >= 0.3 is 11.9 Å². The van der Waals surface area contributed by atoms with Gasteiger partial charge in [-0.15, -0.1) is 0 Å². The largest absolute Gasteiger partial charge is 0.476 e. The second-order valence-electron chi connectivity index (χ2n) is 4.06. The summed E-state index contributed by atoms with van der Waals surface area (Å²) in [4.78, 5) is 27.0. The smallest absolute Gasteiger partial charge is 0.356 e. The van der Waals surface area contributed by atoms with Crippen molar-refractivity contribution in [3.8, 4) is 0 Å². The van der Waals surface area contributed by atoms with Crippen LogP contribution < -0.4 is 0 Å². The molecule has 0 aliphatic rings. The van der Waals surface area contributed by atoms with Gasteiger partial charge in [0.2, 0.25) is 0 Å². The molecule has 2 aromatic rings. The second-order valence-corrected chi connectivity index (χ2v) is 4.06. The van der Waals surface area contributed by atoms with E-state index in [0.717, 1.165) is 0 Å². The number of aromatic carboxylic acids is 1. The summed E-state index contributed by atoms with van der Waals surface area (Å²) in [5.41, 5.74) is 0.408. The summed E-state index contributed by atoms with van der Waals surface area (Å²) in [6.07, 6.45) is 2.18. The van der Waals surface area contributed by atoms with Crippen LogP contribution in [0, 0.1) is 0 Å². The standard InChI is InChI=1S/C13H14N2O4/c1-3-8(13(18)19-2)11-14-10(12(16)17)9-6-4-5-7-15(9)11/h4-8H,3H2,1-2H3,(H,16,17). The summed E-state index contributed by atoms with van der Waals surface area (Å²) in [7, 11) is 1.30. The Labute approximate surface area is 109 Å². The third-order valence-corrected chi connectivity index (χ3v) is 2.98. The van der Waals surface area contributed by atoms with E-state index in [0.29, 0.717) is 17.8 Å². The third-order valence-electron chi connectivity index (χ3n) is 2.98. The van der Waals surface area contributed by atoms with Gasteiger partial charge in [-0.2, -0.15) is 0 Å². The highest BCUT2D eigenvalue weighted by atomic mass is 16.5. The van der Waals surface area contributed by atoms with Crippen LogP contribution in [0.25, 0.3) is 5.52 Å². The molecule has 6 heteroatoms. The summed E-state index contributed by atoms with van der Waals surface area (Å²) in [6.45, 7) is 1.83. The number of nitrogens with zero attached hydrogens (tertiary/aromatic N) is 2. The zero-order valence-electron chi connectivity index (χ0n) is 10.7. The summed E-state index contributed by atoms with van der Waals surface area (Å²) < 4.78 is 6.36. The Bertz CT molecular complexity index is 633. The van der Waals surface area contributed by atoms with E-state index in [1.807, 2.05) is 6.92 Å². The van der Waals surface area contributed by atoms with Crippen molar-refractivity contribution in [1.82, 2.24) is 9.38 Å². The molecule has 2 heterocycles. The molecular weight excluding hydrogens is 248 g/mol. The highest BCUT2D eigenvalue weighted by molar-refractivity contribution is 5.94. The molecule has 2 rings (SSSR count). The maximum absolute atomic E-state index is 11.7. The number of esters is 1. The molecule has 0 aliphatic heterocycles. The topological polar surface area (TPSA) is 80.9 Å². The highest BCUT2D eigenvalue weighted by Crippen LogP contribution is 2.23. The van der Waals surface area contributed by atoms with Gasteiger partial charge < -0.3 is 14.2 Å². The fourth-order valence-electron chi connectivity index (χ4n) is 2.06. The van der Waals surface area contributed by atoms with Gasteiger partial charge in [-0.3, -0.25) is 4.79 Å². The minimum atomic E-state index is -1.12. The van der Waals surface area contributed by atoms with Gasteiger partial charge in [0.05, 0.1) is 12.6 Å². The Hall–Kier alpha value is -2.37. The summed E-state index contributed by atoms with van der Waals surface area (Å²) in [6, 6.07) is 5.14. The van der Waals surface area contributed by atoms with Gasteiger partial charge in [0, 0.05) is 6.20 Å². The number of carbonyl (C=O) groups is 2. The molecule has 1 unspecified atom stereocenters. The van der Waals surface area contributed by atoms with Crippen LogP contribution in [-0.4, -0.2) is 33.5 Å². The second kappa shape index (κ2) is 5.09. The molecule has 0 bridgehead atoms. The number of ether oxygens (including phenoxy) is 1. The maximum Gasteiger partial charge on any atom is 0.356 e. The summed E-state index contributed by atoms with van der Waals surface area (Å²) in [5.74, 6) is -1.72. The molecule has 2 aromatic heterocycles. The monoisotopic (exact) mass is 262 g/mol. The zero-order chi connectivity index (χ0) is 14.0. The minimum Gasteiger partial charge on any atom is -0.476 e. The Morgan fingerprint density at radius 3 is 2.79 bits per heavy atom. The average Bonchev–Trinajstić information content (AvgIpc) is 2.79. The highest BCUT2D eigenvalue weighted by Gasteiger charge is 2.27. The molecule has 1 N–H and O–H groups in total. The molecular formula is C13H14N2O4. The molecule has 0 spiro atoms. The fourth-order valence-corrected chi connectivity index (χ4v) is 2.06. The SMILES string of the molecule is CCC(C(=O)OC)c1nc(C(=O)O)c2ccccn12. The van der Waals surface area contributed by atoms with E-state index in [1.54, 1.807) is 28.8 Å². The van der Waals surface area contributed by atoms with Crippen LogP contribution in [0.2, 0.25) is 0 Å². The number of carboxylic acids is 1. The van der Waals surface area contributed by atoms with Crippen molar-refractivity contribution >= 4 is 17.5 Å². The van der Waals surface area contributed by atoms with E-state index in [4.69, 9.17) is 9.84 Å². The molecule has 19 heavy (non-hydrogen) atoms. The van der Waals surface area contributed by atoms with Crippen molar-refractivity contribution in [1.29, 1.82) is 0 Å². The molecule has 0 saturated heterocycles. The number of carboxylic acid groups (broad SMARTS) is 1. The summed E-state index contributed by atoms with van der Waals surface area (Å²) >= 11 is 0. The predicted octanol–water partition coefficient (Wildman–Crippen LogP) is 1.70. The van der Waals surface area contributed by atoms with E-state index < -0.39 is 17.9 Å². The van der Waals surface area contributed by atoms with Crippen LogP contribution in [-0.2, 0) is 9.53 Å². The van der Waals surface area contributed by atoms with Gasteiger partial charge in [0.25, 0.3) is 0 Å².